The average molecular weight is 430 g/mol. The minimum Gasteiger partial charge on any atom is -0.323 e. The first kappa shape index (κ1) is 21.1. The van der Waals surface area contributed by atoms with Gasteiger partial charge in [-0.25, -0.2) is 26.4 Å². The summed E-state index contributed by atoms with van der Waals surface area (Å²) in [6.45, 7) is 0.798. The second kappa shape index (κ2) is 8.38. The summed E-state index contributed by atoms with van der Waals surface area (Å²) in [5, 5.41) is 2.40. The molecular weight excluding hydrogens is 402 g/mol. The van der Waals surface area contributed by atoms with Crippen LogP contribution in [0.4, 0.5) is 10.5 Å². The van der Waals surface area contributed by atoms with Gasteiger partial charge in [-0.05, 0) is 43.9 Å². The first-order chi connectivity index (χ1) is 13.1. The molecule has 10 heteroatoms. The van der Waals surface area contributed by atoms with Gasteiger partial charge in [0.05, 0.1) is 16.4 Å². The third kappa shape index (κ3) is 5.24. The van der Waals surface area contributed by atoms with Crippen molar-refractivity contribution < 1.29 is 21.6 Å². The summed E-state index contributed by atoms with van der Waals surface area (Å²) in [4.78, 5) is 14.4. The Morgan fingerprint density at radius 3 is 2.46 bits per heavy atom. The van der Waals surface area contributed by atoms with Gasteiger partial charge in [0.1, 0.15) is 0 Å². The van der Waals surface area contributed by atoms with Crippen molar-refractivity contribution in [2.24, 2.45) is 0 Å². The van der Waals surface area contributed by atoms with Gasteiger partial charge in [0.2, 0.25) is 10.0 Å². The zero-order valence-electron chi connectivity index (χ0n) is 15.9. The van der Waals surface area contributed by atoms with E-state index >= 15 is 0 Å². The molecule has 1 saturated heterocycles. The number of carbonyl (C=O) groups is 1. The van der Waals surface area contributed by atoms with Crippen molar-refractivity contribution in [2.75, 3.05) is 24.7 Å². The molecule has 28 heavy (non-hydrogen) atoms. The SMILES string of the molecule is CS(=O)(=O)N[C@@H]1CCCN(C(=O)Nc2cccc(S(=O)(=O)C3CCCC3)c2)C1. The number of urea groups is 1. The van der Waals surface area contributed by atoms with Crippen LogP contribution in [-0.4, -0.2) is 58.4 Å². The number of carbonyl (C=O) groups excluding carboxylic acids is 1. The Bertz CT molecular complexity index is 924. The lowest BCUT2D eigenvalue weighted by Gasteiger charge is -2.32. The molecule has 1 aromatic rings. The van der Waals surface area contributed by atoms with E-state index in [9.17, 15) is 21.6 Å². The summed E-state index contributed by atoms with van der Waals surface area (Å²) < 4.78 is 50.9. The summed E-state index contributed by atoms with van der Waals surface area (Å²) in [6, 6.07) is 5.67. The Kier molecular flexibility index (Phi) is 6.31. The number of sulfone groups is 1. The molecule has 8 nitrogen and oxygen atoms in total. The Morgan fingerprint density at radius 2 is 1.79 bits per heavy atom. The highest BCUT2D eigenvalue weighted by Crippen LogP contribution is 2.30. The van der Waals surface area contributed by atoms with Gasteiger partial charge in [-0.2, -0.15) is 0 Å². The summed E-state index contributed by atoms with van der Waals surface area (Å²) in [5.41, 5.74) is 0.419. The first-order valence-electron chi connectivity index (χ1n) is 9.52. The second-order valence-corrected chi connectivity index (χ2v) is 11.6. The van der Waals surface area contributed by atoms with Crippen molar-refractivity contribution in [2.45, 2.75) is 54.7 Å². The van der Waals surface area contributed by atoms with Crippen LogP contribution in [0.5, 0.6) is 0 Å². The molecule has 2 fully saturated rings. The molecule has 0 bridgehead atoms. The van der Waals surface area contributed by atoms with Gasteiger partial charge >= 0.3 is 6.03 Å². The maximum atomic E-state index is 12.8. The molecule has 0 spiro atoms. The molecule has 3 rings (SSSR count). The number of nitrogens with one attached hydrogen (secondary N) is 2. The normalized spacial score (nSPS) is 21.6. The number of anilines is 1. The largest absolute Gasteiger partial charge is 0.323 e. The number of amides is 2. The van der Waals surface area contributed by atoms with Crippen LogP contribution in [0.1, 0.15) is 38.5 Å². The van der Waals surface area contributed by atoms with Gasteiger partial charge in [-0.3, -0.25) is 0 Å². The van der Waals surface area contributed by atoms with Crippen LogP contribution < -0.4 is 10.0 Å². The van der Waals surface area contributed by atoms with E-state index in [1.807, 2.05) is 0 Å². The van der Waals surface area contributed by atoms with Crippen molar-refractivity contribution in [1.29, 1.82) is 0 Å². The number of hydrogen-bond donors (Lipinski definition) is 2. The highest BCUT2D eigenvalue weighted by molar-refractivity contribution is 7.92. The number of piperidine rings is 1. The van der Waals surface area contributed by atoms with Gasteiger partial charge in [0, 0.05) is 24.8 Å². The predicted octanol–water partition coefficient (Wildman–Crippen LogP) is 1.95. The summed E-state index contributed by atoms with van der Waals surface area (Å²) in [6.07, 6.45) is 5.68. The van der Waals surface area contributed by atoms with Crippen molar-refractivity contribution in [3.8, 4) is 0 Å². The Balaban J connectivity index is 1.67. The number of benzene rings is 1. The molecule has 0 aromatic heterocycles. The van der Waals surface area contributed by atoms with Crippen molar-refractivity contribution in [1.82, 2.24) is 9.62 Å². The monoisotopic (exact) mass is 429 g/mol. The quantitative estimate of drug-likeness (QED) is 0.743. The molecule has 1 aliphatic heterocycles. The standard InChI is InChI=1S/C18H27N3O5S2/c1-27(23,24)20-15-7-5-11-21(13-15)18(22)19-14-6-4-10-17(12-14)28(25,26)16-8-2-3-9-16/h4,6,10,12,15-16,20H,2-3,5,7-9,11,13H2,1H3,(H,19,22)/t15-/m1/s1. The van der Waals surface area contributed by atoms with E-state index in [0.29, 0.717) is 37.9 Å². The van der Waals surface area contributed by atoms with E-state index in [2.05, 4.69) is 10.0 Å². The molecule has 1 aromatic carbocycles. The molecule has 0 unspecified atom stereocenters. The minimum absolute atomic E-state index is 0.229. The molecule has 1 heterocycles. The highest BCUT2D eigenvalue weighted by Gasteiger charge is 2.30. The van der Waals surface area contributed by atoms with Crippen LogP contribution >= 0.6 is 0 Å². The fourth-order valence-electron chi connectivity index (χ4n) is 3.91. The molecule has 0 radical (unpaired) electrons. The van der Waals surface area contributed by atoms with Crippen LogP contribution in [0.15, 0.2) is 29.2 Å². The Morgan fingerprint density at radius 1 is 1.07 bits per heavy atom. The Hall–Kier alpha value is -1.65. The molecule has 1 aliphatic carbocycles. The van der Waals surface area contributed by atoms with E-state index in [-0.39, 0.29) is 28.8 Å². The zero-order chi connectivity index (χ0) is 20.4. The van der Waals surface area contributed by atoms with Crippen LogP contribution in [0.3, 0.4) is 0 Å². The van der Waals surface area contributed by atoms with Crippen LogP contribution in [0.2, 0.25) is 0 Å². The fourth-order valence-corrected chi connectivity index (χ4v) is 6.60. The fraction of sp³-hybridized carbons (Fsp3) is 0.611. The molecule has 2 amide bonds. The molecular formula is C18H27N3O5S2. The molecule has 2 aliphatic rings. The lowest BCUT2D eigenvalue weighted by Crippen LogP contribution is -2.50. The second-order valence-electron chi connectivity index (χ2n) is 7.58. The molecule has 1 atom stereocenters. The lowest BCUT2D eigenvalue weighted by atomic mass is 10.1. The number of hydrogen-bond acceptors (Lipinski definition) is 5. The highest BCUT2D eigenvalue weighted by atomic mass is 32.2. The van der Waals surface area contributed by atoms with E-state index in [1.165, 1.54) is 6.07 Å². The molecule has 1 saturated carbocycles. The van der Waals surface area contributed by atoms with Crippen LogP contribution in [0, 0.1) is 0 Å². The van der Waals surface area contributed by atoms with Gasteiger partial charge in [-0.15, -0.1) is 0 Å². The van der Waals surface area contributed by atoms with Gasteiger partial charge in [0.15, 0.2) is 9.84 Å². The summed E-state index contributed by atoms with van der Waals surface area (Å²) in [5.74, 6) is 0. The molecule has 2 N–H and O–H groups in total. The smallest absolute Gasteiger partial charge is 0.321 e. The van der Waals surface area contributed by atoms with Gasteiger partial charge < -0.3 is 10.2 Å². The molecule has 156 valence electrons. The average Bonchev–Trinajstić information content (AvgIpc) is 3.16. The number of sulfonamides is 1. The van der Waals surface area contributed by atoms with E-state index in [4.69, 9.17) is 0 Å². The predicted molar refractivity (Wildman–Crippen MR) is 107 cm³/mol. The topological polar surface area (TPSA) is 113 Å². The summed E-state index contributed by atoms with van der Waals surface area (Å²) >= 11 is 0. The zero-order valence-corrected chi connectivity index (χ0v) is 17.6. The lowest BCUT2D eigenvalue weighted by molar-refractivity contribution is 0.190. The van der Waals surface area contributed by atoms with Crippen molar-refractivity contribution >= 4 is 31.6 Å². The summed E-state index contributed by atoms with van der Waals surface area (Å²) in [7, 11) is -6.73. The first-order valence-corrected chi connectivity index (χ1v) is 13.0. The van der Waals surface area contributed by atoms with E-state index in [0.717, 1.165) is 19.1 Å². The Labute approximate surface area is 166 Å². The van der Waals surface area contributed by atoms with Gasteiger partial charge in [0.25, 0.3) is 0 Å². The van der Waals surface area contributed by atoms with Crippen molar-refractivity contribution in [3.63, 3.8) is 0 Å². The van der Waals surface area contributed by atoms with Gasteiger partial charge in [-0.1, -0.05) is 18.9 Å². The van der Waals surface area contributed by atoms with E-state index < -0.39 is 19.9 Å². The number of rotatable bonds is 5. The maximum Gasteiger partial charge on any atom is 0.321 e. The van der Waals surface area contributed by atoms with Crippen LogP contribution in [-0.2, 0) is 19.9 Å². The van der Waals surface area contributed by atoms with Crippen LogP contribution in [0.25, 0.3) is 0 Å². The number of nitrogens with zero attached hydrogens (tertiary/aromatic N) is 1. The third-order valence-electron chi connectivity index (χ3n) is 5.24. The minimum atomic E-state index is -3.39. The number of likely N-dealkylation sites (tertiary alicyclic amines) is 1. The third-order valence-corrected chi connectivity index (χ3v) is 8.27. The van der Waals surface area contributed by atoms with E-state index in [1.54, 1.807) is 23.1 Å². The maximum absolute atomic E-state index is 12.8. The van der Waals surface area contributed by atoms with Crippen molar-refractivity contribution in [3.05, 3.63) is 24.3 Å².